The molecular weight excluding hydrogens is 369 g/mol. The molecule has 0 radical (unpaired) electrons. The lowest BCUT2D eigenvalue weighted by Crippen LogP contribution is -2.51. The first-order valence-corrected chi connectivity index (χ1v) is 10.1. The van der Waals surface area contributed by atoms with Crippen molar-refractivity contribution in [3.8, 4) is 0 Å². The van der Waals surface area contributed by atoms with Crippen LogP contribution in [0.5, 0.6) is 0 Å². The Morgan fingerprint density at radius 2 is 1.88 bits per heavy atom. The Balaban J connectivity index is 1.69. The van der Waals surface area contributed by atoms with Crippen molar-refractivity contribution in [2.24, 2.45) is 5.73 Å². The molecule has 2 saturated heterocycles. The quantitative estimate of drug-likeness (QED) is 0.847. The van der Waals surface area contributed by atoms with E-state index in [0.717, 1.165) is 31.5 Å². The van der Waals surface area contributed by atoms with Crippen LogP contribution in [-0.2, 0) is 14.8 Å². The molecular formula is C16H21ClFN3O3S. The van der Waals surface area contributed by atoms with Crippen LogP contribution in [0, 0.1) is 5.82 Å². The standard InChI is InChI=1S/C16H21ClFN3O3S/c17-13-10-12(3-4-14(13)18)25(23,24)20-8-5-11(6-9-20)21-7-1-2-15(21)16(19)22/h3-4,10-11,15H,1-2,5-9H2,(H2,19,22). The molecule has 1 unspecified atom stereocenters. The van der Waals surface area contributed by atoms with Gasteiger partial charge >= 0.3 is 0 Å². The van der Waals surface area contributed by atoms with Gasteiger partial charge in [-0.25, -0.2) is 12.8 Å². The molecule has 2 N–H and O–H groups in total. The minimum Gasteiger partial charge on any atom is -0.368 e. The van der Waals surface area contributed by atoms with E-state index in [1.807, 2.05) is 0 Å². The minimum absolute atomic E-state index is 0.00599. The van der Waals surface area contributed by atoms with Gasteiger partial charge in [0.25, 0.3) is 0 Å². The van der Waals surface area contributed by atoms with E-state index in [1.54, 1.807) is 0 Å². The molecule has 0 aromatic heterocycles. The monoisotopic (exact) mass is 389 g/mol. The maximum absolute atomic E-state index is 13.3. The molecule has 9 heteroatoms. The maximum atomic E-state index is 13.3. The number of carbonyl (C=O) groups excluding carboxylic acids is 1. The van der Waals surface area contributed by atoms with E-state index in [1.165, 1.54) is 10.4 Å². The number of rotatable bonds is 4. The number of nitrogens with two attached hydrogens (primary N) is 1. The van der Waals surface area contributed by atoms with Crippen molar-refractivity contribution in [3.63, 3.8) is 0 Å². The van der Waals surface area contributed by atoms with Gasteiger partial charge in [-0.1, -0.05) is 11.6 Å². The Labute approximate surface area is 151 Å². The van der Waals surface area contributed by atoms with Gasteiger partial charge in [0.1, 0.15) is 5.82 Å². The molecule has 0 saturated carbocycles. The minimum atomic E-state index is -3.71. The molecule has 1 atom stereocenters. The van der Waals surface area contributed by atoms with Gasteiger partial charge in [0.2, 0.25) is 15.9 Å². The van der Waals surface area contributed by atoms with Gasteiger partial charge in [-0.15, -0.1) is 0 Å². The van der Waals surface area contributed by atoms with Gasteiger partial charge in [-0.05, 0) is 50.4 Å². The summed E-state index contributed by atoms with van der Waals surface area (Å²) in [5, 5.41) is -0.211. The first-order chi connectivity index (χ1) is 11.8. The fourth-order valence-electron chi connectivity index (χ4n) is 3.73. The molecule has 0 spiro atoms. The summed E-state index contributed by atoms with van der Waals surface area (Å²) in [4.78, 5) is 13.7. The highest BCUT2D eigenvalue weighted by Crippen LogP contribution is 2.29. The van der Waals surface area contributed by atoms with Crippen LogP contribution in [0.25, 0.3) is 0 Å². The van der Waals surface area contributed by atoms with E-state index in [4.69, 9.17) is 17.3 Å². The second-order valence-corrected chi connectivity index (χ2v) is 8.85. The predicted molar refractivity (Wildman–Crippen MR) is 92.1 cm³/mol. The third kappa shape index (κ3) is 3.67. The largest absolute Gasteiger partial charge is 0.368 e. The van der Waals surface area contributed by atoms with Crippen molar-refractivity contribution in [1.82, 2.24) is 9.21 Å². The van der Waals surface area contributed by atoms with E-state index in [-0.39, 0.29) is 27.9 Å². The summed E-state index contributed by atoms with van der Waals surface area (Å²) in [6, 6.07) is 3.34. The number of primary amides is 1. The molecule has 1 amide bonds. The average Bonchev–Trinajstić information content (AvgIpc) is 3.07. The van der Waals surface area contributed by atoms with E-state index in [9.17, 15) is 17.6 Å². The van der Waals surface area contributed by atoms with Crippen molar-refractivity contribution in [2.75, 3.05) is 19.6 Å². The highest BCUT2D eigenvalue weighted by Gasteiger charge is 2.37. The molecule has 0 aliphatic carbocycles. The number of halogens is 2. The second-order valence-electron chi connectivity index (χ2n) is 6.51. The van der Waals surface area contributed by atoms with Crippen LogP contribution < -0.4 is 5.73 Å². The molecule has 2 fully saturated rings. The normalized spacial score (nSPS) is 23.8. The molecule has 0 bridgehead atoms. The zero-order valence-corrected chi connectivity index (χ0v) is 15.3. The molecule has 3 rings (SSSR count). The van der Waals surface area contributed by atoms with Crippen LogP contribution in [0.1, 0.15) is 25.7 Å². The second kappa shape index (κ2) is 7.19. The van der Waals surface area contributed by atoms with E-state index in [0.29, 0.717) is 25.9 Å². The fourth-order valence-corrected chi connectivity index (χ4v) is 5.47. The molecule has 1 aromatic carbocycles. The predicted octanol–water partition coefficient (Wildman–Crippen LogP) is 1.58. The number of hydrogen-bond donors (Lipinski definition) is 1. The van der Waals surface area contributed by atoms with Crippen molar-refractivity contribution in [2.45, 2.75) is 42.7 Å². The number of sulfonamides is 1. The van der Waals surface area contributed by atoms with Crippen LogP contribution in [0.3, 0.4) is 0 Å². The van der Waals surface area contributed by atoms with Crippen LogP contribution >= 0.6 is 11.6 Å². The molecule has 1 aromatic rings. The number of nitrogens with zero attached hydrogens (tertiary/aromatic N) is 2. The molecule has 25 heavy (non-hydrogen) atoms. The number of likely N-dealkylation sites (tertiary alicyclic amines) is 1. The van der Waals surface area contributed by atoms with Crippen molar-refractivity contribution in [3.05, 3.63) is 29.0 Å². The van der Waals surface area contributed by atoms with Gasteiger partial charge in [0.15, 0.2) is 0 Å². The summed E-state index contributed by atoms with van der Waals surface area (Å²) >= 11 is 5.71. The van der Waals surface area contributed by atoms with Crippen LogP contribution in [0.4, 0.5) is 4.39 Å². The average molecular weight is 390 g/mol. The molecule has 2 aliphatic heterocycles. The fraction of sp³-hybridized carbons (Fsp3) is 0.562. The summed E-state index contributed by atoms with van der Waals surface area (Å²) in [5.74, 6) is -0.959. The summed E-state index contributed by atoms with van der Waals surface area (Å²) in [5.41, 5.74) is 5.46. The third-order valence-electron chi connectivity index (χ3n) is 5.04. The van der Waals surface area contributed by atoms with Crippen LogP contribution in [0.15, 0.2) is 23.1 Å². The SMILES string of the molecule is NC(=O)C1CCCN1C1CCN(S(=O)(=O)c2ccc(F)c(Cl)c2)CC1. The zero-order valence-electron chi connectivity index (χ0n) is 13.7. The summed E-state index contributed by atoms with van der Waals surface area (Å²) in [6.45, 7) is 1.52. The molecule has 2 aliphatic rings. The van der Waals surface area contributed by atoms with Gasteiger partial charge < -0.3 is 5.73 Å². The number of hydrogen-bond acceptors (Lipinski definition) is 4. The number of amides is 1. The van der Waals surface area contributed by atoms with E-state index in [2.05, 4.69) is 4.90 Å². The summed E-state index contributed by atoms with van der Waals surface area (Å²) in [7, 11) is -3.71. The molecule has 6 nitrogen and oxygen atoms in total. The Bertz CT molecular complexity index is 766. The number of piperidine rings is 1. The summed E-state index contributed by atoms with van der Waals surface area (Å²) < 4.78 is 40.1. The van der Waals surface area contributed by atoms with Gasteiger partial charge in [-0.3, -0.25) is 9.69 Å². The smallest absolute Gasteiger partial charge is 0.243 e. The lowest BCUT2D eigenvalue weighted by atomic mass is 10.0. The van der Waals surface area contributed by atoms with Crippen molar-refractivity contribution < 1.29 is 17.6 Å². The number of benzene rings is 1. The highest BCUT2D eigenvalue weighted by atomic mass is 35.5. The molecule has 2 heterocycles. The van der Waals surface area contributed by atoms with Crippen molar-refractivity contribution in [1.29, 1.82) is 0 Å². The van der Waals surface area contributed by atoms with Crippen LogP contribution in [-0.4, -0.2) is 55.2 Å². The lowest BCUT2D eigenvalue weighted by Gasteiger charge is -2.38. The van der Waals surface area contributed by atoms with Gasteiger partial charge in [0.05, 0.1) is 16.0 Å². The van der Waals surface area contributed by atoms with E-state index < -0.39 is 15.8 Å². The number of carbonyl (C=O) groups is 1. The van der Waals surface area contributed by atoms with Crippen molar-refractivity contribution >= 4 is 27.5 Å². The van der Waals surface area contributed by atoms with Gasteiger partial charge in [0, 0.05) is 19.1 Å². The Hall–Kier alpha value is -1.22. The first-order valence-electron chi connectivity index (χ1n) is 8.31. The van der Waals surface area contributed by atoms with Gasteiger partial charge in [-0.2, -0.15) is 4.31 Å². The van der Waals surface area contributed by atoms with E-state index >= 15 is 0 Å². The maximum Gasteiger partial charge on any atom is 0.243 e. The highest BCUT2D eigenvalue weighted by molar-refractivity contribution is 7.89. The lowest BCUT2D eigenvalue weighted by molar-refractivity contribution is -0.123. The first kappa shape index (κ1) is 18.6. The Morgan fingerprint density at radius 3 is 2.48 bits per heavy atom. The molecule has 138 valence electrons. The summed E-state index contributed by atoms with van der Waals surface area (Å²) in [6.07, 6.45) is 2.97. The van der Waals surface area contributed by atoms with Crippen LogP contribution in [0.2, 0.25) is 5.02 Å². The Morgan fingerprint density at radius 1 is 1.20 bits per heavy atom. The third-order valence-corrected chi connectivity index (χ3v) is 7.23. The Kier molecular flexibility index (Phi) is 5.34. The topological polar surface area (TPSA) is 83.7 Å². The zero-order chi connectivity index (χ0) is 18.2.